The first-order valence-electron chi connectivity index (χ1n) is 6.77. The molecule has 120 valence electrons. The van der Waals surface area contributed by atoms with Gasteiger partial charge in [0, 0.05) is 6.20 Å². The zero-order valence-electron chi connectivity index (χ0n) is 12.7. The molecule has 1 amide bonds. The minimum absolute atomic E-state index is 0.148. The second kappa shape index (κ2) is 7.26. The van der Waals surface area contributed by atoms with Gasteiger partial charge in [0.25, 0.3) is 5.56 Å². The van der Waals surface area contributed by atoms with Crippen LogP contribution in [0.3, 0.4) is 0 Å². The number of carbonyl (C=O) groups is 2. The number of nitrogens with zero attached hydrogens (tertiary/aromatic N) is 1. The first kappa shape index (κ1) is 16.3. The molecule has 2 aromatic rings. The van der Waals surface area contributed by atoms with Gasteiger partial charge in [-0.15, -0.1) is 0 Å². The van der Waals surface area contributed by atoms with Crippen LogP contribution >= 0.6 is 0 Å². The number of ether oxygens (including phenoxy) is 2. The van der Waals surface area contributed by atoms with Crippen molar-refractivity contribution < 1.29 is 19.1 Å². The maximum absolute atomic E-state index is 12.1. The highest BCUT2D eigenvalue weighted by Crippen LogP contribution is 2.16. The summed E-state index contributed by atoms with van der Waals surface area (Å²) in [4.78, 5) is 35.8. The maximum atomic E-state index is 12.1. The lowest BCUT2D eigenvalue weighted by Crippen LogP contribution is -2.28. The zero-order chi connectivity index (χ0) is 16.8. The summed E-state index contributed by atoms with van der Waals surface area (Å²) >= 11 is 0. The number of carbonyl (C=O) groups excluding carboxylic acids is 2. The van der Waals surface area contributed by atoms with E-state index in [1.165, 1.54) is 31.0 Å². The first-order valence-corrected chi connectivity index (χ1v) is 6.77. The third kappa shape index (κ3) is 3.76. The van der Waals surface area contributed by atoms with Crippen molar-refractivity contribution in [3.8, 4) is 5.75 Å². The van der Waals surface area contributed by atoms with Gasteiger partial charge in [0.2, 0.25) is 5.91 Å². The Bertz CT molecular complexity index is 782. The van der Waals surface area contributed by atoms with Crippen LogP contribution in [0.1, 0.15) is 10.4 Å². The fraction of sp³-hybridized carbons (Fsp3) is 0.188. The number of pyridine rings is 1. The number of amides is 1. The lowest BCUT2D eigenvalue weighted by atomic mass is 10.2. The summed E-state index contributed by atoms with van der Waals surface area (Å²) in [5, 5.41) is 2.60. The summed E-state index contributed by atoms with van der Waals surface area (Å²) in [6, 6.07) is 9.59. The average molecular weight is 316 g/mol. The number of nitrogens with one attached hydrogen (secondary N) is 1. The lowest BCUT2D eigenvalue weighted by molar-refractivity contribution is -0.116. The normalized spacial score (nSPS) is 10.0. The molecule has 0 aliphatic heterocycles. The summed E-state index contributed by atoms with van der Waals surface area (Å²) in [6.07, 6.45) is 1.48. The van der Waals surface area contributed by atoms with Gasteiger partial charge in [0.1, 0.15) is 6.54 Å². The summed E-state index contributed by atoms with van der Waals surface area (Å²) in [5.41, 5.74) is 0.146. The van der Waals surface area contributed by atoms with Gasteiger partial charge in [-0.05, 0) is 24.3 Å². The molecule has 0 aliphatic carbocycles. The third-order valence-electron chi connectivity index (χ3n) is 3.13. The predicted octanol–water partition coefficient (Wildman–Crippen LogP) is 1.28. The quantitative estimate of drug-likeness (QED) is 0.840. The third-order valence-corrected chi connectivity index (χ3v) is 3.13. The van der Waals surface area contributed by atoms with Gasteiger partial charge in [-0.1, -0.05) is 12.1 Å². The molecule has 0 spiro atoms. The molecule has 1 N–H and O–H groups in total. The molecule has 0 atom stereocenters. The van der Waals surface area contributed by atoms with E-state index in [0.29, 0.717) is 5.69 Å². The van der Waals surface area contributed by atoms with E-state index in [1.54, 1.807) is 30.3 Å². The molecule has 1 aromatic carbocycles. The number of hydrogen-bond acceptors (Lipinski definition) is 5. The molecule has 1 aromatic heterocycles. The van der Waals surface area contributed by atoms with E-state index >= 15 is 0 Å². The molecule has 23 heavy (non-hydrogen) atoms. The van der Waals surface area contributed by atoms with Crippen LogP contribution < -0.4 is 15.6 Å². The molecular weight excluding hydrogens is 300 g/mol. The molecule has 2 rings (SSSR count). The van der Waals surface area contributed by atoms with E-state index in [-0.39, 0.29) is 17.9 Å². The predicted molar refractivity (Wildman–Crippen MR) is 83.7 cm³/mol. The highest BCUT2D eigenvalue weighted by Gasteiger charge is 2.14. The largest absolute Gasteiger partial charge is 0.491 e. The molecule has 0 aliphatic rings. The number of aromatic nitrogens is 1. The Morgan fingerprint density at radius 2 is 1.87 bits per heavy atom. The molecule has 1 heterocycles. The van der Waals surface area contributed by atoms with Crippen LogP contribution in [0.4, 0.5) is 5.69 Å². The molecule has 0 radical (unpaired) electrons. The van der Waals surface area contributed by atoms with Gasteiger partial charge < -0.3 is 19.4 Å². The number of benzene rings is 1. The van der Waals surface area contributed by atoms with Crippen LogP contribution in [0.25, 0.3) is 0 Å². The molecule has 0 saturated carbocycles. The monoisotopic (exact) mass is 316 g/mol. The fourth-order valence-corrected chi connectivity index (χ4v) is 2.02. The number of hydrogen-bond donors (Lipinski definition) is 1. The van der Waals surface area contributed by atoms with Gasteiger partial charge in [-0.2, -0.15) is 0 Å². The van der Waals surface area contributed by atoms with E-state index in [4.69, 9.17) is 4.74 Å². The highest BCUT2D eigenvalue weighted by atomic mass is 16.5. The van der Waals surface area contributed by atoms with Crippen molar-refractivity contribution >= 4 is 17.6 Å². The molecular formula is C16H16N2O5. The van der Waals surface area contributed by atoms with Crippen molar-refractivity contribution in [2.75, 3.05) is 19.5 Å². The first-order chi connectivity index (χ1) is 11.1. The maximum Gasteiger partial charge on any atom is 0.339 e. The van der Waals surface area contributed by atoms with E-state index in [9.17, 15) is 14.4 Å². The Hall–Kier alpha value is -3.09. The molecule has 0 bridgehead atoms. The van der Waals surface area contributed by atoms with Crippen LogP contribution in [0.15, 0.2) is 47.4 Å². The van der Waals surface area contributed by atoms with E-state index in [2.05, 4.69) is 10.1 Å². The number of rotatable bonds is 5. The fourth-order valence-electron chi connectivity index (χ4n) is 2.02. The van der Waals surface area contributed by atoms with E-state index < -0.39 is 17.4 Å². The van der Waals surface area contributed by atoms with E-state index in [0.717, 1.165) is 0 Å². The Morgan fingerprint density at radius 3 is 2.57 bits per heavy atom. The number of anilines is 1. The van der Waals surface area contributed by atoms with Gasteiger partial charge in [0.05, 0.1) is 25.5 Å². The smallest absolute Gasteiger partial charge is 0.339 e. The van der Waals surface area contributed by atoms with E-state index in [1.807, 2.05) is 0 Å². The van der Waals surface area contributed by atoms with Gasteiger partial charge >= 0.3 is 5.97 Å². The van der Waals surface area contributed by atoms with Gasteiger partial charge in [-0.3, -0.25) is 9.59 Å². The van der Waals surface area contributed by atoms with Crippen LogP contribution in [-0.4, -0.2) is 30.7 Å². The minimum atomic E-state index is -0.556. The zero-order valence-corrected chi connectivity index (χ0v) is 12.7. The lowest BCUT2D eigenvalue weighted by Gasteiger charge is -2.11. The van der Waals surface area contributed by atoms with Crippen LogP contribution in [0, 0.1) is 0 Å². The highest BCUT2D eigenvalue weighted by molar-refractivity contribution is 6.01. The summed E-state index contributed by atoms with van der Waals surface area (Å²) in [5.74, 6) is -0.855. The van der Waals surface area contributed by atoms with Crippen molar-refractivity contribution in [3.63, 3.8) is 0 Å². The van der Waals surface area contributed by atoms with Crippen molar-refractivity contribution in [2.45, 2.75) is 6.54 Å². The van der Waals surface area contributed by atoms with Crippen LogP contribution in [-0.2, 0) is 16.1 Å². The summed E-state index contributed by atoms with van der Waals surface area (Å²) in [7, 11) is 2.64. The minimum Gasteiger partial charge on any atom is -0.491 e. The second-order valence-electron chi connectivity index (χ2n) is 4.59. The number of para-hydroxylation sites is 1. The standard InChI is InChI=1S/C16H16N2O5/c1-22-13-8-5-9-18(15(13)20)10-14(19)17-12-7-4-3-6-11(12)16(21)23-2/h3-9H,10H2,1-2H3,(H,17,19). The molecule has 0 unspecified atom stereocenters. The van der Waals surface area contributed by atoms with Crippen LogP contribution in [0.5, 0.6) is 5.75 Å². The molecule has 0 fully saturated rings. The van der Waals surface area contributed by atoms with Crippen molar-refractivity contribution in [3.05, 3.63) is 58.5 Å². The van der Waals surface area contributed by atoms with Gasteiger partial charge in [0.15, 0.2) is 5.75 Å². The van der Waals surface area contributed by atoms with Crippen LogP contribution in [0.2, 0.25) is 0 Å². The Kier molecular flexibility index (Phi) is 5.14. The Balaban J connectivity index is 2.18. The number of esters is 1. The summed E-state index contributed by atoms with van der Waals surface area (Å²) in [6.45, 7) is -0.203. The van der Waals surface area contributed by atoms with Crippen molar-refractivity contribution in [1.82, 2.24) is 4.57 Å². The summed E-state index contributed by atoms with van der Waals surface area (Å²) < 4.78 is 10.8. The van der Waals surface area contributed by atoms with Crippen molar-refractivity contribution in [2.24, 2.45) is 0 Å². The average Bonchev–Trinajstić information content (AvgIpc) is 2.56. The Morgan fingerprint density at radius 1 is 1.13 bits per heavy atom. The Labute approximate surface area is 132 Å². The molecule has 7 nitrogen and oxygen atoms in total. The SMILES string of the molecule is COC(=O)c1ccccc1NC(=O)Cn1cccc(OC)c1=O. The van der Waals surface area contributed by atoms with Crippen molar-refractivity contribution in [1.29, 1.82) is 0 Å². The number of methoxy groups -OCH3 is 2. The molecule has 0 saturated heterocycles. The second-order valence-corrected chi connectivity index (χ2v) is 4.59. The molecule has 7 heteroatoms. The topological polar surface area (TPSA) is 86.6 Å². The van der Waals surface area contributed by atoms with Gasteiger partial charge in [-0.25, -0.2) is 4.79 Å².